The van der Waals surface area contributed by atoms with Gasteiger partial charge in [0, 0.05) is 13.1 Å². The number of nitrogens with zero attached hydrogens (tertiary/aromatic N) is 1. The first-order valence-corrected chi connectivity index (χ1v) is 5.20. The maximum atomic E-state index is 2.37. The van der Waals surface area contributed by atoms with Gasteiger partial charge >= 0.3 is 0 Å². The highest BCUT2D eigenvalue weighted by Crippen LogP contribution is 2.19. The third-order valence-electron chi connectivity index (χ3n) is 2.76. The van der Waals surface area contributed by atoms with Crippen LogP contribution in [-0.4, -0.2) is 25.0 Å². The van der Waals surface area contributed by atoms with Gasteiger partial charge < -0.3 is 4.90 Å². The Labute approximate surface area is 86.1 Å². The number of rotatable bonds is 1. The largest absolute Gasteiger partial charge is 0.302 e. The molecule has 0 aromatic heterocycles. The number of likely N-dealkylation sites (N-methyl/N-ethyl adjacent to an activating group) is 1. The van der Waals surface area contributed by atoms with Crippen molar-refractivity contribution in [2.75, 3.05) is 20.1 Å². The molecule has 0 N–H and O–H groups in total. The number of hydrogen-bond acceptors (Lipinski definition) is 1. The molecule has 0 saturated carbocycles. The Balaban J connectivity index is 2.22. The fraction of sp³-hybridized carbons (Fsp3) is 0.385. The summed E-state index contributed by atoms with van der Waals surface area (Å²) >= 11 is 0. The first-order valence-electron chi connectivity index (χ1n) is 5.20. The number of hydrogen-bond donors (Lipinski definition) is 0. The van der Waals surface area contributed by atoms with Gasteiger partial charge in [0.05, 0.1) is 0 Å². The lowest BCUT2D eigenvalue weighted by Crippen LogP contribution is -2.24. The molecule has 0 bridgehead atoms. The minimum atomic E-state index is 1.09. The van der Waals surface area contributed by atoms with Gasteiger partial charge in [-0.05, 0) is 31.5 Å². The molecule has 1 heteroatoms. The van der Waals surface area contributed by atoms with E-state index in [9.17, 15) is 0 Å². The van der Waals surface area contributed by atoms with E-state index in [1.807, 2.05) is 0 Å². The van der Waals surface area contributed by atoms with Crippen molar-refractivity contribution in [3.8, 4) is 0 Å². The van der Waals surface area contributed by atoms with E-state index < -0.39 is 0 Å². The van der Waals surface area contributed by atoms with Crippen LogP contribution in [0.4, 0.5) is 0 Å². The minimum absolute atomic E-state index is 1.09. The van der Waals surface area contributed by atoms with Crippen LogP contribution in [-0.2, 0) is 0 Å². The molecule has 1 aliphatic rings. The van der Waals surface area contributed by atoms with Crippen LogP contribution in [0.1, 0.15) is 17.5 Å². The van der Waals surface area contributed by atoms with Crippen molar-refractivity contribution in [3.63, 3.8) is 0 Å². The average Bonchev–Trinajstić information content (AvgIpc) is 2.19. The summed E-state index contributed by atoms with van der Waals surface area (Å²) in [5.41, 5.74) is 4.18. The van der Waals surface area contributed by atoms with E-state index in [2.05, 4.69) is 49.2 Å². The molecule has 0 radical (unpaired) electrons. The summed E-state index contributed by atoms with van der Waals surface area (Å²) < 4.78 is 0. The predicted molar refractivity (Wildman–Crippen MR) is 61.3 cm³/mol. The van der Waals surface area contributed by atoms with E-state index in [0.717, 1.165) is 6.54 Å². The van der Waals surface area contributed by atoms with Crippen LogP contribution in [0.25, 0.3) is 5.57 Å². The Morgan fingerprint density at radius 3 is 2.50 bits per heavy atom. The summed E-state index contributed by atoms with van der Waals surface area (Å²) in [7, 11) is 2.18. The highest BCUT2D eigenvalue weighted by molar-refractivity contribution is 5.67. The molecule has 0 amide bonds. The van der Waals surface area contributed by atoms with Crippen molar-refractivity contribution in [3.05, 3.63) is 41.5 Å². The summed E-state index contributed by atoms with van der Waals surface area (Å²) in [6.45, 7) is 4.41. The van der Waals surface area contributed by atoms with Crippen LogP contribution in [0, 0.1) is 6.92 Å². The van der Waals surface area contributed by atoms with E-state index in [1.165, 1.54) is 29.7 Å². The van der Waals surface area contributed by atoms with Gasteiger partial charge in [0.2, 0.25) is 0 Å². The zero-order chi connectivity index (χ0) is 9.97. The Bertz CT molecular complexity index is 335. The lowest BCUT2D eigenvalue weighted by molar-refractivity contribution is 0.373. The van der Waals surface area contributed by atoms with Crippen LogP contribution >= 0.6 is 0 Å². The normalized spacial score (nSPS) is 18.0. The zero-order valence-corrected chi connectivity index (χ0v) is 8.96. The molecule has 14 heavy (non-hydrogen) atoms. The first-order chi connectivity index (χ1) is 6.75. The second kappa shape index (κ2) is 3.97. The smallest absolute Gasteiger partial charge is 0.0233 e. The third kappa shape index (κ3) is 2.05. The second-order valence-corrected chi connectivity index (χ2v) is 4.12. The third-order valence-corrected chi connectivity index (χ3v) is 2.76. The molecule has 1 heterocycles. The zero-order valence-electron chi connectivity index (χ0n) is 8.96. The summed E-state index contributed by atoms with van der Waals surface area (Å²) in [5, 5.41) is 0. The Morgan fingerprint density at radius 2 is 1.86 bits per heavy atom. The lowest BCUT2D eigenvalue weighted by atomic mass is 10.0. The van der Waals surface area contributed by atoms with E-state index in [4.69, 9.17) is 0 Å². The van der Waals surface area contributed by atoms with Crippen molar-refractivity contribution in [1.29, 1.82) is 0 Å². The Kier molecular flexibility index (Phi) is 2.69. The molecule has 2 rings (SSSR count). The highest BCUT2D eigenvalue weighted by Gasteiger charge is 2.09. The van der Waals surface area contributed by atoms with Gasteiger partial charge in [0.1, 0.15) is 0 Å². The summed E-state index contributed by atoms with van der Waals surface area (Å²) in [6.07, 6.45) is 3.55. The Hall–Kier alpha value is -1.08. The van der Waals surface area contributed by atoms with Crippen molar-refractivity contribution in [2.45, 2.75) is 13.3 Å². The highest BCUT2D eigenvalue weighted by atomic mass is 15.1. The molecule has 0 spiro atoms. The maximum absolute atomic E-state index is 2.37. The molecule has 1 nitrogen and oxygen atoms in total. The lowest BCUT2D eigenvalue weighted by Gasteiger charge is -2.23. The van der Waals surface area contributed by atoms with E-state index in [0.29, 0.717) is 0 Å². The van der Waals surface area contributed by atoms with Crippen LogP contribution in [0.3, 0.4) is 0 Å². The molecule has 0 aliphatic carbocycles. The quantitative estimate of drug-likeness (QED) is 0.653. The van der Waals surface area contributed by atoms with Crippen molar-refractivity contribution in [2.24, 2.45) is 0 Å². The SMILES string of the molecule is Cc1ccc(C2=CCCN(C)C2)cc1. The number of aryl methyl sites for hydroxylation is 1. The van der Waals surface area contributed by atoms with Crippen LogP contribution < -0.4 is 0 Å². The molecular formula is C13H17N. The van der Waals surface area contributed by atoms with Crippen molar-refractivity contribution in [1.82, 2.24) is 4.90 Å². The van der Waals surface area contributed by atoms with Crippen LogP contribution in [0.15, 0.2) is 30.3 Å². The van der Waals surface area contributed by atoms with E-state index in [-0.39, 0.29) is 0 Å². The van der Waals surface area contributed by atoms with Gasteiger partial charge in [0.15, 0.2) is 0 Å². The molecule has 0 saturated heterocycles. The first kappa shape index (κ1) is 9.47. The fourth-order valence-electron chi connectivity index (χ4n) is 1.87. The second-order valence-electron chi connectivity index (χ2n) is 4.12. The summed E-state index contributed by atoms with van der Waals surface area (Å²) in [4.78, 5) is 2.37. The molecule has 1 aromatic rings. The fourth-order valence-corrected chi connectivity index (χ4v) is 1.87. The Morgan fingerprint density at radius 1 is 1.14 bits per heavy atom. The van der Waals surface area contributed by atoms with E-state index in [1.54, 1.807) is 0 Å². The average molecular weight is 187 g/mol. The molecule has 0 fully saturated rings. The standard InChI is InChI=1S/C13H17N/c1-11-5-7-12(8-6-11)13-4-3-9-14(2)10-13/h4-8H,3,9-10H2,1-2H3. The molecule has 1 aliphatic heterocycles. The predicted octanol–water partition coefficient (Wildman–Crippen LogP) is 2.71. The molecular weight excluding hydrogens is 170 g/mol. The molecule has 74 valence electrons. The van der Waals surface area contributed by atoms with E-state index >= 15 is 0 Å². The van der Waals surface area contributed by atoms with Crippen LogP contribution in [0.2, 0.25) is 0 Å². The van der Waals surface area contributed by atoms with Crippen molar-refractivity contribution >= 4 is 5.57 Å². The monoisotopic (exact) mass is 187 g/mol. The summed E-state index contributed by atoms with van der Waals surface area (Å²) in [6, 6.07) is 8.82. The molecule has 0 unspecified atom stereocenters. The van der Waals surface area contributed by atoms with Gasteiger partial charge in [-0.15, -0.1) is 0 Å². The van der Waals surface area contributed by atoms with Gasteiger partial charge in [0.25, 0.3) is 0 Å². The van der Waals surface area contributed by atoms with Gasteiger partial charge in [-0.3, -0.25) is 0 Å². The molecule has 0 atom stereocenters. The number of benzene rings is 1. The van der Waals surface area contributed by atoms with Crippen LogP contribution in [0.5, 0.6) is 0 Å². The van der Waals surface area contributed by atoms with Gasteiger partial charge in [-0.25, -0.2) is 0 Å². The summed E-state index contributed by atoms with van der Waals surface area (Å²) in [5.74, 6) is 0. The van der Waals surface area contributed by atoms with Gasteiger partial charge in [-0.2, -0.15) is 0 Å². The maximum Gasteiger partial charge on any atom is 0.0233 e. The van der Waals surface area contributed by atoms with Crippen molar-refractivity contribution < 1.29 is 0 Å². The minimum Gasteiger partial charge on any atom is -0.302 e. The molecule has 1 aromatic carbocycles. The topological polar surface area (TPSA) is 3.24 Å². The van der Waals surface area contributed by atoms with Gasteiger partial charge in [-0.1, -0.05) is 35.9 Å².